The van der Waals surface area contributed by atoms with Gasteiger partial charge in [0.05, 0.1) is 18.4 Å². The van der Waals surface area contributed by atoms with Crippen molar-refractivity contribution in [2.45, 2.75) is 26.0 Å². The van der Waals surface area contributed by atoms with Gasteiger partial charge in [-0.3, -0.25) is 0 Å². The van der Waals surface area contributed by atoms with Crippen molar-refractivity contribution in [3.05, 3.63) is 52.4 Å². The van der Waals surface area contributed by atoms with E-state index in [4.69, 9.17) is 9.15 Å². The molecule has 1 N–H and O–H groups in total. The molecule has 0 saturated carbocycles. The SMILES string of the molecule is CNC(c1ccccc1OC(C)C)c1ccoc1Br. The van der Waals surface area contributed by atoms with Gasteiger partial charge in [-0.2, -0.15) is 0 Å². The highest BCUT2D eigenvalue weighted by Crippen LogP contribution is 2.34. The Kier molecular flexibility index (Phi) is 4.66. The third-order valence-electron chi connectivity index (χ3n) is 2.84. The van der Waals surface area contributed by atoms with E-state index >= 15 is 0 Å². The van der Waals surface area contributed by atoms with Crippen LogP contribution in [-0.4, -0.2) is 13.2 Å². The van der Waals surface area contributed by atoms with E-state index in [9.17, 15) is 0 Å². The van der Waals surface area contributed by atoms with E-state index in [1.54, 1.807) is 6.26 Å². The summed E-state index contributed by atoms with van der Waals surface area (Å²) in [6, 6.07) is 10.0. The van der Waals surface area contributed by atoms with E-state index in [1.165, 1.54) is 0 Å². The smallest absolute Gasteiger partial charge is 0.174 e. The molecule has 1 aromatic heterocycles. The van der Waals surface area contributed by atoms with Crippen LogP contribution in [0.1, 0.15) is 31.0 Å². The van der Waals surface area contributed by atoms with Crippen molar-refractivity contribution in [2.75, 3.05) is 7.05 Å². The summed E-state index contributed by atoms with van der Waals surface area (Å²) in [7, 11) is 1.93. The van der Waals surface area contributed by atoms with Crippen LogP contribution in [0.4, 0.5) is 0 Å². The molecular formula is C15H18BrNO2. The molecule has 0 radical (unpaired) electrons. The topological polar surface area (TPSA) is 34.4 Å². The Labute approximate surface area is 122 Å². The number of hydrogen-bond donors (Lipinski definition) is 1. The maximum absolute atomic E-state index is 5.88. The number of para-hydroxylation sites is 1. The van der Waals surface area contributed by atoms with Gasteiger partial charge < -0.3 is 14.5 Å². The molecular weight excluding hydrogens is 306 g/mol. The van der Waals surface area contributed by atoms with E-state index in [0.29, 0.717) is 0 Å². The van der Waals surface area contributed by atoms with Crippen molar-refractivity contribution in [3.63, 3.8) is 0 Å². The van der Waals surface area contributed by atoms with Crippen LogP contribution in [0, 0.1) is 0 Å². The predicted octanol–water partition coefficient (Wildman–Crippen LogP) is 4.14. The first-order chi connectivity index (χ1) is 9.13. The number of furan rings is 1. The van der Waals surface area contributed by atoms with Gasteiger partial charge in [-0.1, -0.05) is 18.2 Å². The van der Waals surface area contributed by atoms with E-state index in [2.05, 4.69) is 27.3 Å². The van der Waals surface area contributed by atoms with E-state index in [0.717, 1.165) is 21.5 Å². The molecule has 0 fully saturated rings. The fourth-order valence-corrected chi connectivity index (χ4v) is 2.54. The lowest BCUT2D eigenvalue weighted by atomic mass is 10.0. The maximum Gasteiger partial charge on any atom is 0.174 e. The molecule has 19 heavy (non-hydrogen) atoms. The number of hydrogen-bond acceptors (Lipinski definition) is 3. The van der Waals surface area contributed by atoms with Gasteiger partial charge in [0, 0.05) is 11.1 Å². The van der Waals surface area contributed by atoms with Crippen LogP contribution in [0.3, 0.4) is 0 Å². The minimum atomic E-state index is 0.0306. The molecule has 0 bridgehead atoms. The van der Waals surface area contributed by atoms with Gasteiger partial charge in [0.2, 0.25) is 0 Å². The second-order valence-corrected chi connectivity index (χ2v) is 5.30. The zero-order valence-electron chi connectivity index (χ0n) is 11.3. The first kappa shape index (κ1) is 14.2. The van der Waals surface area contributed by atoms with Crippen molar-refractivity contribution in [2.24, 2.45) is 0 Å². The van der Waals surface area contributed by atoms with Crippen LogP contribution < -0.4 is 10.1 Å². The lowest BCUT2D eigenvalue weighted by molar-refractivity contribution is 0.238. The molecule has 0 aliphatic carbocycles. The summed E-state index contributed by atoms with van der Waals surface area (Å²) < 4.78 is 11.9. The van der Waals surface area contributed by atoms with Crippen molar-refractivity contribution < 1.29 is 9.15 Å². The largest absolute Gasteiger partial charge is 0.491 e. The monoisotopic (exact) mass is 323 g/mol. The molecule has 2 aromatic rings. The number of nitrogens with one attached hydrogen (secondary N) is 1. The van der Waals surface area contributed by atoms with E-state index < -0.39 is 0 Å². The lowest BCUT2D eigenvalue weighted by Gasteiger charge is -2.21. The lowest BCUT2D eigenvalue weighted by Crippen LogP contribution is -2.19. The fourth-order valence-electron chi connectivity index (χ4n) is 2.07. The quantitative estimate of drug-likeness (QED) is 0.898. The molecule has 0 spiro atoms. The molecule has 2 rings (SSSR count). The molecule has 1 aromatic carbocycles. The van der Waals surface area contributed by atoms with Crippen molar-refractivity contribution >= 4 is 15.9 Å². The second-order valence-electron chi connectivity index (χ2n) is 4.58. The Balaban J connectivity index is 2.41. The summed E-state index contributed by atoms with van der Waals surface area (Å²) in [5.74, 6) is 0.893. The molecule has 1 unspecified atom stereocenters. The normalized spacial score (nSPS) is 12.7. The molecule has 1 heterocycles. The molecule has 4 heteroatoms. The Hall–Kier alpha value is -1.26. The van der Waals surface area contributed by atoms with Crippen molar-refractivity contribution in [1.29, 1.82) is 0 Å². The minimum absolute atomic E-state index is 0.0306. The summed E-state index contributed by atoms with van der Waals surface area (Å²) in [6.45, 7) is 4.05. The summed E-state index contributed by atoms with van der Waals surface area (Å²) in [4.78, 5) is 0. The average molecular weight is 324 g/mol. The first-order valence-electron chi connectivity index (χ1n) is 6.29. The van der Waals surface area contributed by atoms with Gasteiger partial charge in [0.25, 0.3) is 0 Å². The van der Waals surface area contributed by atoms with Gasteiger partial charge >= 0.3 is 0 Å². The van der Waals surface area contributed by atoms with Crippen molar-refractivity contribution in [3.8, 4) is 5.75 Å². The van der Waals surface area contributed by atoms with Crippen molar-refractivity contribution in [1.82, 2.24) is 5.32 Å². The third kappa shape index (κ3) is 3.19. The van der Waals surface area contributed by atoms with Crippen LogP contribution in [-0.2, 0) is 0 Å². The highest BCUT2D eigenvalue weighted by atomic mass is 79.9. The maximum atomic E-state index is 5.88. The molecule has 0 saturated heterocycles. The minimum Gasteiger partial charge on any atom is -0.491 e. The second kappa shape index (κ2) is 6.26. The summed E-state index contributed by atoms with van der Waals surface area (Å²) in [5, 5.41) is 3.31. The zero-order chi connectivity index (χ0) is 13.8. The van der Waals surface area contributed by atoms with Gasteiger partial charge in [-0.25, -0.2) is 0 Å². The average Bonchev–Trinajstić information content (AvgIpc) is 2.78. The Morgan fingerprint density at radius 2 is 1.89 bits per heavy atom. The van der Waals surface area contributed by atoms with Gasteiger partial charge in [0.1, 0.15) is 5.75 Å². The predicted molar refractivity (Wildman–Crippen MR) is 79.5 cm³/mol. The zero-order valence-corrected chi connectivity index (χ0v) is 12.9. The Morgan fingerprint density at radius 1 is 1.16 bits per heavy atom. The summed E-state index contributed by atoms with van der Waals surface area (Å²) >= 11 is 3.43. The number of ether oxygens (including phenoxy) is 1. The van der Waals surface area contributed by atoms with Crippen LogP contribution in [0.15, 0.2) is 45.7 Å². The summed E-state index contributed by atoms with van der Waals surface area (Å²) in [6.07, 6.45) is 1.82. The highest BCUT2D eigenvalue weighted by molar-refractivity contribution is 9.10. The number of rotatable bonds is 5. The summed E-state index contributed by atoms with van der Waals surface area (Å²) in [5.41, 5.74) is 2.16. The molecule has 3 nitrogen and oxygen atoms in total. The van der Waals surface area contributed by atoms with Crippen LogP contribution in [0.2, 0.25) is 0 Å². The molecule has 0 aliphatic rings. The molecule has 0 amide bonds. The Bertz CT molecular complexity index is 536. The third-order valence-corrected chi connectivity index (χ3v) is 3.48. The fraction of sp³-hybridized carbons (Fsp3) is 0.333. The number of halogens is 1. The van der Waals surface area contributed by atoms with Crippen LogP contribution in [0.25, 0.3) is 0 Å². The van der Waals surface area contributed by atoms with Crippen LogP contribution >= 0.6 is 15.9 Å². The van der Waals surface area contributed by atoms with E-state index in [-0.39, 0.29) is 12.1 Å². The first-order valence-corrected chi connectivity index (χ1v) is 7.08. The molecule has 102 valence electrons. The van der Waals surface area contributed by atoms with E-state index in [1.807, 2.05) is 45.2 Å². The van der Waals surface area contributed by atoms with Crippen LogP contribution in [0.5, 0.6) is 5.75 Å². The molecule has 0 aliphatic heterocycles. The Morgan fingerprint density at radius 3 is 2.47 bits per heavy atom. The standard InChI is InChI=1S/C15H18BrNO2/c1-10(2)19-13-7-5-4-6-11(13)14(17-3)12-8-9-18-15(12)16/h4-10,14,17H,1-3H3. The molecule has 1 atom stereocenters. The highest BCUT2D eigenvalue weighted by Gasteiger charge is 2.20. The van der Waals surface area contributed by atoms with Gasteiger partial charge in [-0.15, -0.1) is 0 Å². The van der Waals surface area contributed by atoms with Gasteiger partial charge in [0.15, 0.2) is 4.67 Å². The number of benzene rings is 1. The van der Waals surface area contributed by atoms with Gasteiger partial charge in [-0.05, 0) is 49.0 Å².